The van der Waals surface area contributed by atoms with Crippen molar-refractivity contribution < 1.29 is 66.7 Å². The van der Waals surface area contributed by atoms with Gasteiger partial charge in [0.05, 0.1) is 26.9 Å². The largest absolute Gasteiger partial charge is 0.460 e. The summed E-state index contributed by atoms with van der Waals surface area (Å²) in [6.07, 6.45) is -7.52. The van der Waals surface area contributed by atoms with E-state index in [0.29, 0.717) is 12.1 Å². The van der Waals surface area contributed by atoms with Gasteiger partial charge in [-0.25, -0.2) is 4.90 Å². The van der Waals surface area contributed by atoms with E-state index in [4.69, 9.17) is 23.2 Å². The first-order valence-corrected chi connectivity index (χ1v) is 10.1. The van der Waals surface area contributed by atoms with Gasteiger partial charge in [-0.1, -0.05) is 35.3 Å². The molecule has 0 aromatic heterocycles. The van der Waals surface area contributed by atoms with Crippen molar-refractivity contribution in [2.45, 2.75) is 35.8 Å². The summed E-state index contributed by atoms with van der Waals surface area (Å²) in [5.74, 6) is -40.1. The minimum Gasteiger partial charge on any atom is -0.268 e. The third-order valence-corrected chi connectivity index (χ3v) is 6.07. The number of fused-ring (bicyclic) bond motifs is 1. The van der Waals surface area contributed by atoms with Crippen molar-refractivity contribution >= 4 is 40.7 Å². The zero-order valence-corrected chi connectivity index (χ0v) is 18.9. The van der Waals surface area contributed by atoms with Gasteiger partial charge in [-0.05, 0) is 24.3 Å². The lowest BCUT2D eigenvalue weighted by atomic mass is 9.90. The lowest BCUT2D eigenvalue weighted by molar-refractivity contribution is -0.441. The van der Waals surface area contributed by atoms with Gasteiger partial charge in [-0.15, -0.1) is 0 Å². The number of nitrogens with zero attached hydrogens (tertiary/aromatic N) is 1. The van der Waals surface area contributed by atoms with E-state index < -0.39 is 58.9 Å². The Morgan fingerprint density at radius 3 is 1.29 bits per heavy atom. The number of carbonyl (C=O) groups excluding carboxylic acids is 2. The molecule has 1 heterocycles. The number of alkyl halides is 13. The first-order valence-electron chi connectivity index (χ1n) is 9.39. The molecular weight excluding hydrogens is 604 g/mol. The van der Waals surface area contributed by atoms with Gasteiger partial charge in [0.25, 0.3) is 11.8 Å². The number of rotatable bonds is 6. The van der Waals surface area contributed by atoms with Crippen molar-refractivity contribution in [2.24, 2.45) is 0 Å². The average Bonchev–Trinajstić information content (AvgIpc) is 3.02. The van der Waals surface area contributed by atoms with Crippen LogP contribution >= 0.6 is 23.2 Å². The molecule has 3 rings (SSSR count). The summed E-state index contributed by atoms with van der Waals surface area (Å²) in [6, 6.07) is 2.18. The van der Waals surface area contributed by atoms with Crippen LogP contribution in [-0.4, -0.2) is 41.7 Å². The molecule has 2 amide bonds. The minimum atomic E-state index is -8.03. The predicted octanol–water partition coefficient (Wildman–Crippen LogP) is 7.99. The predicted molar refractivity (Wildman–Crippen MR) is 104 cm³/mol. The number of hydrogen-bond acceptors (Lipinski definition) is 2. The Labute approximate surface area is 211 Å². The van der Waals surface area contributed by atoms with Crippen LogP contribution in [-0.2, 0) is 5.92 Å². The van der Waals surface area contributed by atoms with Crippen molar-refractivity contribution in [1.29, 1.82) is 0 Å². The van der Waals surface area contributed by atoms with Crippen LogP contribution in [0.1, 0.15) is 26.3 Å². The fourth-order valence-electron chi connectivity index (χ4n) is 3.24. The highest BCUT2D eigenvalue weighted by Gasteiger charge is 2.90. The van der Waals surface area contributed by atoms with Gasteiger partial charge < -0.3 is 0 Å². The number of hydrogen-bond donors (Lipinski definition) is 0. The van der Waals surface area contributed by atoms with Gasteiger partial charge in [-0.3, -0.25) is 9.59 Å². The zero-order chi connectivity index (χ0) is 29.4. The second-order valence-corrected chi connectivity index (χ2v) is 8.49. The fraction of sp³-hybridized carbons (Fsp3) is 0.300. The molecule has 0 fully saturated rings. The molecule has 2 aromatic carbocycles. The molecule has 0 saturated heterocycles. The van der Waals surface area contributed by atoms with E-state index in [9.17, 15) is 66.7 Å². The summed E-state index contributed by atoms with van der Waals surface area (Å²) >= 11 is 11.5. The molecular formula is C20H6Cl2F13NO2. The van der Waals surface area contributed by atoms with E-state index >= 15 is 0 Å². The van der Waals surface area contributed by atoms with Crippen LogP contribution in [0, 0.1) is 0 Å². The summed E-state index contributed by atoms with van der Waals surface area (Å²) in [6.45, 7) is 0. The Morgan fingerprint density at radius 1 is 0.553 bits per heavy atom. The molecule has 38 heavy (non-hydrogen) atoms. The molecule has 0 radical (unpaired) electrons. The monoisotopic (exact) mass is 609 g/mol. The van der Waals surface area contributed by atoms with Crippen LogP contribution in [0.2, 0.25) is 10.0 Å². The molecule has 0 unspecified atom stereocenters. The standard InChI is InChI=1S/C20H6Cl2F13NO2/c21-11-5-9-10(6-12(11)22)14(38)36(13(9)37)8-3-1-7(2-4-8)15(23,24)16(25,26)17(27,28)18(29,30)19(31,32)20(33,34)35/h1-6H. The first-order chi connectivity index (χ1) is 16.9. The number of amides is 2. The van der Waals surface area contributed by atoms with Gasteiger partial charge in [0.1, 0.15) is 0 Å². The first kappa shape index (κ1) is 29.8. The van der Waals surface area contributed by atoms with Crippen LogP contribution in [0.15, 0.2) is 36.4 Å². The maximum atomic E-state index is 14.3. The number of halogens is 15. The summed E-state index contributed by atoms with van der Waals surface area (Å²) in [5.41, 5.74) is -3.58. The van der Waals surface area contributed by atoms with Gasteiger partial charge >= 0.3 is 35.8 Å². The normalized spacial score (nSPS) is 15.8. The van der Waals surface area contributed by atoms with Crippen LogP contribution in [0.5, 0.6) is 0 Å². The molecule has 0 atom stereocenters. The van der Waals surface area contributed by atoms with Crippen molar-refractivity contribution in [3.05, 3.63) is 63.1 Å². The molecule has 2 aromatic rings. The van der Waals surface area contributed by atoms with Gasteiger partial charge in [0, 0.05) is 5.56 Å². The van der Waals surface area contributed by atoms with Crippen LogP contribution in [0.3, 0.4) is 0 Å². The average molecular weight is 610 g/mol. The van der Waals surface area contributed by atoms with Gasteiger partial charge in [0.15, 0.2) is 0 Å². The van der Waals surface area contributed by atoms with Crippen LogP contribution in [0.25, 0.3) is 0 Å². The quantitative estimate of drug-likeness (QED) is 0.246. The van der Waals surface area contributed by atoms with Gasteiger partial charge in [0.2, 0.25) is 0 Å². The Bertz CT molecular complexity index is 1270. The van der Waals surface area contributed by atoms with E-state index in [1.54, 1.807) is 0 Å². The van der Waals surface area contributed by atoms with Crippen LogP contribution < -0.4 is 4.90 Å². The van der Waals surface area contributed by atoms with Crippen molar-refractivity contribution in [2.75, 3.05) is 4.90 Å². The van der Waals surface area contributed by atoms with E-state index in [1.165, 1.54) is 0 Å². The van der Waals surface area contributed by atoms with E-state index in [2.05, 4.69) is 0 Å². The summed E-state index contributed by atoms with van der Waals surface area (Å²) in [7, 11) is 0. The highest BCUT2D eigenvalue weighted by atomic mass is 35.5. The number of anilines is 1. The SMILES string of the molecule is O=C1c2cc(Cl)c(Cl)cc2C(=O)N1c1ccc(C(F)(F)C(F)(F)C(F)(F)C(F)(F)C(F)(F)C(F)(F)F)cc1. The number of imide groups is 1. The fourth-order valence-corrected chi connectivity index (χ4v) is 3.57. The third kappa shape index (κ3) is 3.89. The summed E-state index contributed by atoms with van der Waals surface area (Å²) in [5, 5.41) is -0.362. The van der Waals surface area contributed by atoms with E-state index in [0.717, 1.165) is 12.1 Å². The highest BCUT2D eigenvalue weighted by molar-refractivity contribution is 6.44. The van der Waals surface area contributed by atoms with Crippen molar-refractivity contribution in [1.82, 2.24) is 0 Å². The summed E-state index contributed by atoms with van der Waals surface area (Å²) < 4.78 is 174. The molecule has 1 aliphatic heterocycles. The highest BCUT2D eigenvalue weighted by Crippen LogP contribution is 2.62. The molecule has 0 bridgehead atoms. The maximum Gasteiger partial charge on any atom is 0.460 e. The Kier molecular flexibility index (Phi) is 6.77. The molecule has 18 heteroatoms. The Balaban J connectivity index is 2.00. The lowest BCUT2D eigenvalue weighted by Crippen LogP contribution is -2.69. The molecule has 1 aliphatic rings. The molecule has 0 saturated carbocycles. The second-order valence-electron chi connectivity index (χ2n) is 7.67. The zero-order valence-electron chi connectivity index (χ0n) is 17.4. The minimum absolute atomic E-state index is 0.164. The molecule has 0 spiro atoms. The van der Waals surface area contributed by atoms with Gasteiger partial charge in [-0.2, -0.15) is 57.1 Å². The maximum absolute atomic E-state index is 14.3. The van der Waals surface area contributed by atoms with Crippen molar-refractivity contribution in [3.8, 4) is 0 Å². The molecule has 0 aliphatic carbocycles. The number of benzene rings is 2. The third-order valence-electron chi connectivity index (χ3n) is 5.35. The van der Waals surface area contributed by atoms with Crippen LogP contribution in [0.4, 0.5) is 62.8 Å². The topological polar surface area (TPSA) is 37.4 Å². The Hall–Kier alpha value is -2.75. The molecule has 208 valence electrons. The second kappa shape index (κ2) is 8.63. The molecule has 3 nitrogen and oxygen atoms in total. The smallest absolute Gasteiger partial charge is 0.268 e. The summed E-state index contributed by atoms with van der Waals surface area (Å²) in [4.78, 5) is 25.3. The van der Waals surface area contributed by atoms with Crippen molar-refractivity contribution in [3.63, 3.8) is 0 Å². The lowest BCUT2D eigenvalue weighted by Gasteiger charge is -2.39. The molecule has 0 N–H and O–H groups in total. The van der Waals surface area contributed by atoms with E-state index in [-0.39, 0.29) is 38.2 Å². The number of carbonyl (C=O) groups is 2. The van der Waals surface area contributed by atoms with E-state index in [1.807, 2.05) is 0 Å². The Morgan fingerprint density at radius 2 is 0.921 bits per heavy atom.